The zero-order chi connectivity index (χ0) is 14.7. The molecule has 0 N–H and O–H groups in total. The minimum absolute atomic E-state index is 0.0295. The molecule has 3 nitrogen and oxygen atoms in total. The summed E-state index contributed by atoms with van der Waals surface area (Å²) in [6.45, 7) is 2.77. The van der Waals surface area contributed by atoms with Gasteiger partial charge in [-0.15, -0.1) is 0 Å². The average molecular weight is 280 g/mol. The largest absolute Gasteiger partial charge is 0.494 e. The number of benzene rings is 2. The third-order valence-electron chi connectivity index (χ3n) is 3.25. The van der Waals surface area contributed by atoms with Crippen LogP contribution in [0.4, 0.5) is 0 Å². The van der Waals surface area contributed by atoms with Crippen LogP contribution in [-0.4, -0.2) is 6.61 Å². The molecule has 0 fully saturated rings. The second-order valence-corrected chi connectivity index (χ2v) is 4.84. The summed E-state index contributed by atoms with van der Waals surface area (Å²) in [5, 5.41) is 0.601. The first-order chi connectivity index (χ1) is 10.3. The highest BCUT2D eigenvalue weighted by Crippen LogP contribution is 2.24. The van der Waals surface area contributed by atoms with Crippen LogP contribution in [0.15, 0.2) is 63.8 Å². The number of hydrogen-bond donors (Lipinski definition) is 0. The Balaban J connectivity index is 1.98. The summed E-state index contributed by atoms with van der Waals surface area (Å²) in [6.07, 6.45) is 0.974. The Kier molecular flexibility index (Phi) is 3.73. The van der Waals surface area contributed by atoms with Gasteiger partial charge < -0.3 is 9.15 Å². The van der Waals surface area contributed by atoms with E-state index in [4.69, 9.17) is 9.15 Å². The molecule has 0 saturated carbocycles. The summed E-state index contributed by atoms with van der Waals surface area (Å²) < 4.78 is 11.4. The van der Waals surface area contributed by atoms with Crippen LogP contribution in [0.3, 0.4) is 0 Å². The molecule has 1 heterocycles. The molecule has 21 heavy (non-hydrogen) atoms. The monoisotopic (exact) mass is 280 g/mol. The number of para-hydroxylation sites is 1. The van der Waals surface area contributed by atoms with Crippen molar-refractivity contribution in [2.45, 2.75) is 13.3 Å². The first kappa shape index (κ1) is 13.4. The molecule has 0 unspecified atom stereocenters. The molecule has 3 aromatic rings. The molecule has 106 valence electrons. The van der Waals surface area contributed by atoms with Crippen LogP contribution in [0.25, 0.3) is 22.3 Å². The van der Waals surface area contributed by atoms with Crippen LogP contribution in [0.1, 0.15) is 13.3 Å². The highest BCUT2D eigenvalue weighted by Gasteiger charge is 2.06. The Hall–Kier alpha value is -2.55. The van der Waals surface area contributed by atoms with E-state index in [9.17, 15) is 4.79 Å². The van der Waals surface area contributed by atoms with Crippen molar-refractivity contribution in [3.05, 3.63) is 64.8 Å². The summed E-state index contributed by atoms with van der Waals surface area (Å²) in [6, 6.07) is 16.4. The van der Waals surface area contributed by atoms with E-state index < -0.39 is 0 Å². The zero-order valence-electron chi connectivity index (χ0n) is 11.8. The molecule has 3 rings (SSSR count). The Morgan fingerprint density at radius 2 is 1.81 bits per heavy atom. The van der Waals surface area contributed by atoms with Gasteiger partial charge in [-0.05, 0) is 42.8 Å². The lowest BCUT2D eigenvalue weighted by Gasteiger charge is -2.06. The highest BCUT2D eigenvalue weighted by atomic mass is 16.5. The molecule has 0 bridgehead atoms. The average Bonchev–Trinajstić information content (AvgIpc) is 2.53. The van der Waals surface area contributed by atoms with Gasteiger partial charge in [0.1, 0.15) is 17.1 Å². The van der Waals surface area contributed by atoms with Crippen LogP contribution in [0.2, 0.25) is 0 Å². The Labute approximate surface area is 122 Å². The molecular weight excluding hydrogens is 264 g/mol. The van der Waals surface area contributed by atoms with E-state index in [0.29, 0.717) is 23.3 Å². The van der Waals surface area contributed by atoms with E-state index in [2.05, 4.69) is 6.92 Å². The summed E-state index contributed by atoms with van der Waals surface area (Å²) in [7, 11) is 0. The third-order valence-corrected chi connectivity index (χ3v) is 3.25. The van der Waals surface area contributed by atoms with Crippen LogP contribution in [-0.2, 0) is 0 Å². The molecule has 0 aliphatic carbocycles. The first-order valence-electron chi connectivity index (χ1n) is 7.04. The molecule has 0 aliphatic heterocycles. The summed E-state index contributed by atoms with van der Waals surface area (Å²) in [4.78, 5) is 12.1. The number of rotatable bonds is 4. The molecule has 2 aromatic carbocycles. The van der Waals surface area contributed by atoms with E-state index in [0.717, 1.165) is 17.7 Å². The van der Waals surface area contributed by atoms with Gasteiger partial charge in [-0.2, -0.15) is 0 Å². The van der Waals surface area contributed by atoms with Gasteiger partial charge in [-0.3, -0.25) is 4.79 Å². The lowest BCUT2D eigenvalue weighted by Crippen LogP contribution is -2.00. The maximum atomic E-state index is 12.1. The predicted octanol–water partition coefficient (Wildman–Crippen LogP) is 4.25. The lowest BCUT2D eigenvalue weighted by atomic mass is 10.1. The van der Waals surface area contributed by atoms with Gasteiger partial charge in [-0.1, -0.05) is 19.1 Å². The predicted molar refractivity (Wildman–Crippen MR) is 83.7 cm³/mol. The quantitative estimate of drug-likeness (QED) is 0.717. The van der Waals surface area contributed by atoms with Crippen molar-refractivity contribution < 1.29 is 9.15 Å². The van der Waals surface area contributed by atoms with Crippen LogP contribution >= 0.6 is 0 Å². The van der Waals surface area contributed by atoms with Gasteiger partial charge >= 0.3 is 0 Å². The fourth-order valence-corrected chi connectivity index (χ4v) is 2.18. The SMILES string of the molecule is CCCOc1ccc(-c2cc(=O)c3ccccc3o2)cc1. The fourth-order valence-electron chi connectivity index (χ4n) is 2.18. The number of fused-ring (bicyclic) bond motifs is 1. The molecule has 0 saturated heterocycles. The summed E-state index contributed by atoms with van der Waals surface area (Å²) in [5.74, 6) is 1.39. The van der Waals surface area contributed by atoms with Gasteiger partial charge in [0.25, 0.3) is 0 Å². The van der Waals surface area contributed by atoms with Gasteiger partial charge in [0.05, 0.1) is 12.0 Å². The van der Waals surface area contributed by atoms with Gasteiger partial charge in [-0.25, -0.2) is 0 Å². The van der Waals surface area contributed by atoms with E-state index in [1.54, 1.807) is 12.1 Å². The van der Waals surface area contributed by atoms with E-state index in [-0.39, 0.29) is 5.43 Å². The standard InChI is InChI=1S/C18H16O3/c1-2-11-20-14-9-7-13(8-10-14)18-12-16(19)15-5-3-4-6-17(15)21-18/h3-10,12H,2,11H2,1H3. The van der Waals surface area contributed by atoms with Crippen molar-refractivity contribution in [2.24, 2.45) is 0 Å². The molecule has 0 amide bonds. The molecule has 0 aliphatic rings. The van der Waals surface area contributed by atoms with Crippen LogP contribution < -0.4 is 10.2 Å². The molecule has 1 aromatic heterocycles. The zero-order valence-corrected chi connectivity index (χ0v) is 11.8. The summed E-state index contributed by atoms with van der Waals surface area (Å²) >= 11 is 0. The fraction of sp³-hybridized carbons (Fsp3) is 0.167. The summed E-state index contributed by atoms with van der Waals surface area (Å²) in [5.41, 5.74) is 1.44. The van der Waals surface area contributed by atoms with Gasteiger partial charge in [0.15, 0.2) is 5.43 Å². The molecule has 3 heteroatoms. The highest BCUT2D eigenvalue weighted by molar-refractivity contribution is 5.78. The Bertz CT molecular complexity index is 801. The minimum atomic E-state index is -0.0295. The van der Waals surface area contributed by atoms with E-state index >= 15 is 0 Å². The molecule has 0 atom stereocenters. The Morgan fingerprint density at radius 3 is 2.57 bits per heavy atom. The van der Waals surface area contributed by atoms with Crippen molar-refractivity contribution in [3.63, 3.8) is 0 Å². The van der Waals surface area contributed by atoms with Crippen LogP contribution in [0, 0.1) is 0 Å². The van der Waals surface area contributed by atoms with Crippen LogP contribution in [0.5, 0.6) is 5.75 Å². The maximum Gasteiger partial charge on any atom is 0.193 e. The molecule has 0 radical (unpaired) electrons. The van der Waals surface area contributed by atoms with E-state index in [1.807, 2.05) is 36.4 Å². The lowest BCUT2D eigenvalue weighted by molar-refractivity contribution is 0.317. The van der Waals surface area contributed by atoms with Crippen molar-refractivity contribution in [1.82, 2.24) is 0 Å². The topological polar surface area (TPSA) is 39.4 Å². The molecular formula is C18H16O3. The normalized spacial score (nSPS) is 10.7. The van der Waals surface area contributed by atoms with Crippen molar-refractivity contribution >= 4 is 11.0 Å². The number of hydrogen-bond acceptors (Lipinski definition) is 3. The third kappa shape index (κ3) is 2.82. The maximum absolute atomic E-state index is 12.1. The molecule has 0 spiro atoms. The Morgan fingerprint density at radius 1 is 1.05 bits per heavy atom. The smallest absolute Gasteiger partial charge is 0.193 e. The number of ether oxygens (including phenoxy) is 1. The minimum Gasteiger partial charge on any atom is -0.494 e. The van der Waals surface area contributed by atoms with Crippen molar-refractivity contribution in [3.8, 4) is 17.1 Å². The second-order valence-electron chi connectivity index (χ2n) is 4.84. The first-order valence-corrected chi connectivity index (χ1v) is 7.04. The van der Waals surface area contributed by atoms with Crippen molar-refractivity contribution in [2.75, 3.05) is 6.61 Å². The van der Waals surface area contributed by atoms with Gasteiger partial charge in [0, 0.05) is 11.6 Å². The van der Waals surface area contributed by atoms with Gasteiger partial charge in [0.2, 0.25) is 0 Å². The van der Waals surface area contributed by atoms with E-state index in [1.165, 1.54) is 6.07 Å². The van der Waals surface area contributed by atoms with Crippen molar-refractivity contribution in [1.29, 1.82) is 0 Å². The second kappa shape index (κ2) is 5.83.